The van der Waals surface area contributed by atoms with Crippen molar-refractivity contribution in [3.05, 3.63) is 66.0 Å². The molecule has 30 heavy (non-hydrogen) atoms. The Bertz CT molecular complexity index is 1160. The van der Waals surface area contributed by atoms with E-state index in [4.69, 9.17) is 0 Å². The number of halogens is 4. The lowest BCUT2D eigenvalue weighted by atomic mass is 10.1. The Labute approximate surface area is 167 Å². The smallest absolute Gasteiger partial charge is 0.323 e. The Kier molecular flexibility index (Phi) is 4.94. The van der Waals surface area contributed by atoms with E-state index >= 15 is 0 Å². The number of aromatic nitrogens is 6. The van der Waals surface area contributed by atoms with Crippen LogP contribution in [-0.2, 0) is 12.6 Å². The van der Waals surface area contributed by atoms with Gasteiger partial charge in [-0.3, -0.25) is 5.10 Å². The Balaban J connectivity index is 1.62. The van der Waals surface area contributed by atoms with Crippen LogP contribution in [0.25, 0.3) is 17.1 Å². The molecule has 0 atom stereocenters. The van der Waals surface area contributed by atoms with E-state index in [0.29, 0.717) is 18.1 Å². The Morgan fingerprint density at radius 3 is 2.57 bits per heavy atom. The molecule has 0 aliphatic carbocycles. The Morgan fingerprint density at radius 1 is 1.13 bits per heavy atom. The second-order valence-electron chi connectivity index (χ2n) is 6.34. The predicted molar refractivity (Wildman–Crippen MR) is 101 cm³/mol. The van der Waals surface area contributed by atoms with Crippen LogP contribution >= 0.6 is 0 Å². The molecule has 0 radical (unpaired) electrons. The van der Waals surface area contributed by atoms with Gasteiger partial charge in [0.1, 0.15) is 18.0 Å². The molecule has 11 heteroatoms. The fourth-order valence-electron chi connectivity index (χ4n) is 2.92. The average Bonchev–Trinajstić information content (AvgIpc) is 3.36. The van der Waals surface area contributed by atoms with Crippen LogP contribution < -0.4 is 5.32 Å². The summed E-state index contributed by atoms with van der Waals surface area (Å²) in [6.45, 7) is 1.94. The molecule has 3 aromatic heterocycles. The molecule has 0 saturated heterocycles. The fraction of sp³-hybridized carbons (Fsp3) is 0.158. The maximum absolute atomic E-state index is 13.2. The third-order valence-electron chi connectivity index (χ3n) is 4.40. The van der Waals surface area contributed by atoms with Crippen molar-refractivity contribution in [1.82, 2.24) is 29.9 Å². The summed E-state index contributed by atoms with van der Waals surface area (Å²) in [6, 6.07) is 7.46. The number of rotatable bonds is 5. The fourth-order valence-corrected chi connectivity index (χ4v) is 2.92. The summed E-state index contributed by atoms with van der Waals surface area (Å²) in [7, 11) is 0. The molecular weight excluding hydrogens is 402 g/mol. The van der Waals surface area contributed by atoms with Crippen LogP contribution in [0, 0.1) is 5.82 Å². The lowest BCUT2D eigenvalue weighted by Gasteiger charge is -2.07. The molecule has 154 valence electrons. The van der Waals surface area contributed by atoms with Crippen LogP contribution in [0.5, 0.6) is 0 Å². The summed E-state index contributed by atoms with van der Waals surface area (Å²) < 4.78 is 52.6. The predicted octanol–water partition coefficient (Wildman–Crippen LogP) is 4.52. The van der Waals surface area contributed by atoms with Crippen molar-refractivity contribution in [1.29, 1.82) is 0 Å². The highest BCUT2D eigenvalue weighted by Gasteiger charge is 2.32. The summed E-state index contributed by atoms with van der Waals surface area (Å²) in [5.74, 6) is 0.652. The molecule has 0 unspecified atom stereocenters. The van der Waals surface area contributed by atoms with E-state index in [1.165, 1.54) is 24.5 Å². The molecule has 0 aliphatic heterocycles. The molecule has 0 bridgehead atoms. The molecule has 2 N–H and O–H groups in total. The van der Waals surface area contributed by atoms with Gasteiger partial charge in [0.25, 0.3) is 0 Å². The zero-order chi connectivity index (χ0) is 21.3. The molecule has 0 spiro atoms. The van der Waals surface area contributed by atoms with E-state index in [2.05, 4.69) is 30.6 Å². The summed E-state index contributed by atoms with van der Waals surface area (Å²) in [6.07, 6.45) is -1.07. The first kappa shape index (κ1) is 19.6. The lowest BCUT2D eigenvalue weighted by molar-refractivity contribution is -0.137. The number of benzene rings is 1. The van der Waals surface area contributed by atoms with Gasteiger partial charge in [0, 0.05) is 23.4 Å². The van der Waals surface area contributed by atoms with Gasteiger partial charge >= 0.3 is 6.18 Å². The van der Waals surface area contributed by atoms with Crippen molar-refractivity contribution < 1.29 is 17.6 Å². The average molecular weight is 417 g/mol. The third-order valence-corrected chi connectivity index (χ3v) is 4.40. The SMILES string of the molecule is CCc1c(Nc2cc(-n3cc(C(F)(F)F)cn3)ncn2)n[nH]c1-c1ccc(F)cc1. The highest BCUT2D eigenvalue weighted by Crippen LogP contribution is 2.30. The molecule has 3 heterocycles. The summed E-state index contributed by atoms with van der Waals surface area (Å²) in [5.41, 5.74) is 1.48. The largest absolute Gasteiger partial charge is 0.419 e. The van der Waals surface area contributed by atoms with Crippen LogP contribution in [0.2, 0.25) is 0 Å². The topological polar surface area (TPSA) is 84.3 Å². The van der Waals surface area contributed by atoms with Crippen LogP contribution in [-0.4, -0.2) is 29.9 Å². The van der Waals surface area contributed by atoms with Crippen LogP contribution in [0.3, 0.4) is 0 Å². The quantitative estimate of drug-likeness (QED) is 0.467. The standard InChI is InChI=1S/C19H15F4N7/c1-2-14-17(11-3-5-13(20)6-4-11)28-29-18(14)27-15-7-16(25-10-24-15)30-9-12(8-26-30)19(21,22)23/h3-10H,2H2,1H3,(H2,24,25,27,28,29). The van der Waals surface area contributed by atoms with Gasteiger partial charge in [0.2, 0.25) is 0 Å². The number of nitrogens with zero attached hydrogens (tertiary/aromatic N) is 5. The summed E-state index contributed by atoms with van der Waals surface area (Å²) >= 11 is 0. The molecule has 1 aromatic carbocycles. The maximum atomic E-state index is 13.2. The van der Waals surface area contributed by atoms with E-state index in [-0.39, 0.29) is 11.6 Å². The number of aromatic amines is 1. The van der Waals surface area contributed by atoms with Crippen molar-refractivity contribution in [3.8, 4) is 17.1 Å². The zero-order valence-corrected chi connectivity index (χ0v) is 15.6. The van der Waals surface area contributed by atoms with Gasteiger partial charge in [-0.05, 0) is 30.7 Å². The number of H-pyrrole nitrogens is 1. The first-order valence-corrected chi connectivity index (χ1v) is 8.89. The minimum atomic E-state index is -4.49. The van der Waals surface area contributed by atoms with Gasteiger partial charge in [-0.15, -0.1) is 0 Å². The first-order valence-electron chi connectivity index (χ1n) is 8.89. The van der Waals surface area contributed by atoms with Gasteiger partial charge in [0.15, 0.2) is 11.6 Å². The van der Waals surface area contributed by atoms with Gasteiger partial charge < -0.3 is 5.32 Å². The first-order chi connectivity index (χ1) is 14.3. The molecule has 0 saturated carbocycles. The van der Waals surface area contributed by atoms with Crippen molar-refractivity contribution >= 4 is 11.6 Å². The highest BCUT2D eigenvalue weighted by molar-refractivity contribution is 5.71. The Morgan fingerprint density at radius 2 is 1.90 bits per heavy atom. The molecule has 0 aliphatic rings. The van der Waals surface area contributed by atoms with Crippen LogP contribution in [0.1, 0.15) is 18.1 Å². The molecular formula is C19H15F4N7. The van der Waals surface area contributed by atoms with Gasteiger partial charge in [-0.2, -0.15) is 23.4 Å². The van der Waals surface area contributed by atoms with Crippen LogP contribution in [0.15, 0.2) is 49.1 Å². The van der Waals surface area contributed by atoms with Gasteiger partial charge in [-0.25, -0.2) is 19.0 Å². The Hall–Kier alpha value is -3.76. The highest BCUT2D eigenvalue weighted by atomic mass is 19.4. The normalized spacial score (nSPS) is 11.6. The third kappa shape index (κ3) is 3.86. The molecule has 0 fully saturated rings. The van der Waals surface area contributed by atoms with Gasteiger partial charge in [0.05, 0.1) is 17.5 Å². The number of anilines is 2. The van der Waals surface area contributed by atoms with E-state index in [1.54, 1.807) is 12.1 Å². The minimum absolute atomic E-state index is 0.162. The second-order valence-corrected chi connectivity index (χ2v) is 6.34. The van der Waals surface area contributed by atoms with E-state index in [1.807, 2.05) is 6.92 Å². The summed E-state index contributed by atoms with van der Waals surface area (Å²) in [5, 5.41) is 13.9. The van der Waals surface area contributed by atoms with Crippen LogP contribution in [0.4, 0.5) is 29.2 Å². The van der Waals surface area contributed by atoms with E-state index < -0.39 is 11.7 Å². The van der Waals surface area contributed by atoms with E-state index in [0.717, 1.165) is 33.9 Å². The van der Waals surface area contributed by atoms with Crippen molar-refractivity contribution in [2.45, 2.75) is 19.5 Å². The minimum Gasteiger partial charge on any atom is -0.323 e. The zero-order valence-electron chi connectivity index (χ0n) is 15.6. The van der Waals surface area contributed by atoms with E-state index in [9.17, 15) is 17.6 Å². The number of nitrogens with one attached hydrogen (secondary N) is 2. The molecule has 4 rings (SSSR count). The lowest BCUT2D eigenvalue weighted by Crippen LogP contribution is -2.04. The van der Waals surface area contributed by atoms with Crippen molar-refractivity contribution in [2.24, 2.45) is 0 Å². The number of hydrogen-bond donors (Lipinski definition) is 2. The monoisotopic (exact) mass is 417 g/mol. The maximum Gasteiger partial charge on any atom is 0.419 e. The number of hydrogen-bond acceptors (Lipinski definition) is 5. The number of alkyl halides is 3. The molecule has 4 aromatic rings. The molecule has 0 amide bonds. The summed E-state index contributed by atoms with van der Waals surface area (Å²) in [4.78, 5) is 8.06. The second kappa shape index (κ2) is 7.58. The van der Waals surface area contributed by atoms with Gasteiger partial charge in [-0.1, -0.05) is 6.92 Å². The van der Waals surface area contributed by atoms with Crippen molar-refractivity contribution in [2.75, 3.05) is 5.32 Å². The van der Waals surface area contributed by atoms with Crippen molar-refractivity contribution in [3.63, 3.8) is 0 Å². The molecule has 7 nitrogen and oxygen atoms in total.